The number of hydrogen-bond acceptors (Lipinski definition) is 2. The van der Waals surface area contributed by atoms with Crippen molar-refractivity contribution in [1.29, 1.82) is 0 Å². The van der Waals surface area contributed by atoms with Crippen molar-refractivity contribution in [3.05, 3.63) is 42.5 Å². The lowest BCUT2D eigenvalue weighted by Crippen LogP contribution is -2.35. The van der Waals surface area contributed by atoms with Crippen molar-refractivity contribution in [3.8, 4) is 0 Å². The van der Waals surface area contributed by atoms with E-state index in [4.69, 9.17) is 0 Å². The lowest BCUT2D eigenvalue weighted by molar-refractivity contribution is -0.128. The maximum Gasteiger partial charge on any atom is 0.247 e. The predicted molar refractivity (Wildman–Crippen MR) is 81.4 cm³/mol. The Hall–Kier alpha value is -2.10. The highest BCUT2D eigenvalue weighted by molar-refractivity contribution is 5.98. The van der Waals surface area contributed by atoms with Crippen LogP contribution in [0.2, 0.25) is 0 Å². The minimum atomic E-state index is -0.362. The maximum atomic E-state index is 11.7. The van der Waals surface area contributed by atoms with E-state index in [0.29, 0.717) is 6.54 Å². The van der Waals surface area contributed by atoms with Crippen molar-refractivity contribution in [2.45, 2.75) is 27.2 Å². The molecule has 0 saturated carbocycles. The smallest absolute Gasteiger partial charge is 0.247 e. The molecule has 4 heteroatoms. The predicted octanol–water partition coefficient (Wildman–Crippen LogP) is 2.52. The Morgan fingerprint density at radius 3 is 2.30 bits per heavy atom. The molecule has 2 amide bonds. The van der Waals surface area contributed by atoms with Crippen LogP contribution in [0.1, 0.15) is 26.3 Å². The number of benzene rings is 1. The van der Waals surface area contributed by atoms with Gasteiger partial charge in [-0.15, -0.1) is 0 Å². The van der Waals surface area contributed by atoms with E-state index in [-0.39, 0.29) is 17.2 Å². The van der Waals surface area contributed by atoms with Crippen LogP contribution in [0.15, 0.2) is 36.9 Å². The average Bonchev–Trinajstić information content (AvgIpc) is 2.39. The first-order valence-electron chi connectivity index (χ1n) is 6.63. The molecule has 0 spiro atoms. The summed E-state index contributed by atoms with van der Waals surface area (Å²) in [6.07, 6.45) is 1.99. The number of nitrogens with one attached hydrogen (secondary N) is 2. The fourth-order valence-corrected chi connectivity index (χ4v) is 1.53. The fourth-order valence-electron chi connectivity index (χ4n) is 1.53. The molecule has 0 aliphatic heterocycles. The summed E-state index contributed by atoms with van der Waals surface area (Å²) in [6.45, 7) is 9.67. The number of rotatable bonds is 5. The Morgan fingerprint density at radius 2 is 1.80 bits per heavy atom. The Morgan fingerprint density at radius 1 is 1.20 bits per heavy atom. The molecule has 0 radical (unpaired) electrons. The van der Waals surface area contributed by atoms with Gasteiger partial charge in [0, 0.05) is 17.6 Å². The number of carbonyl (C=O) groups excluding carboxylic acids is 2. The molecule has 0 atom stereocenters. The highest BCUT2D eigenvalue weighted by atomic mass is 16.2. The molecular weight excluding hydrogens is 252 g/mol. The minimum absolute atomic E-state index is 0.0485. The highest BCUT2D eigenvalue weighted by Gasteiger charge is 2.20. The van der Waals surface area contributed by atoms with Crippen LogP contribution in [0.4, 0.5) is 5.69 Å². The second-order valence-corrected chi connectivity index (χ2v) is 5.65. The van der Waals surface area contributed by atoms with Crippen molar-refractivity contribution in [3.63, 3.8) is 0 Å². The van der Waals surface area contributed by atoms with Crippen molar-refractivity contribution in [1.82, 2.24) is 5.32 Å². The number of amides is 2. The van der Waals surface area contributed by atoms with Crippen molar-refractivity contribution >= 4 is 17.5 Å². The quantitative estimate of drug-likeness (QED) is 0.811. The fraction of sp³-hybridized carbons (Fsp3) is 0.375. The summed E-state index contributed by atoms with van der Waals surface area (Å²) >= 11 is 0. The van der Waals surface area contributed by atoms with Gasteiger partial charge in [0.1, 0.15) is 0 Å². The molecule has 0 aromatic heterocycles. The zero-order valence-corrected chi connectivity index (χ0v) is 12.3. The van der Waals surface area contributed by atoms with E-state index in [0.717, 1.165) is 17.7 Å². The van der Waals surface area contributed by atoms with Crippen LogP contribution in [0.5, 0.6) is 0 Å². The minimum Gasteiger partial charge on any atom is -0.355 e. The Labute approximate surface area is 120 Å². The second-order valence-electron chi connectivity index (χ2n) is 5.65. The molecule has 2 N–H and O–H groups in total. The van der Waals surface area contributed by atoms with Gasteiger partial charge in [-0.05, 0) is 30.2 Å². The molecular formula is C16H22N2O2. The summed E-state index contributed by atoms with van der Waals surface area (Å²) in [6, 6.07) is 7.54. The first kappa shape index (κ1) is 16.0. The molecule has 0 aliphatic carbocycles. The summed E-state index contributed by atoms with van der Waals surface area (Å²) in [4.78, 5) is 22.8. The van der Waals surface area contributed by atoms with Gasteiger partial charge >= 0.3 is 0 Å². The van der Waals surface area contributed by atoms with E-state index in [1.165, 1.54) is 6.08 Å². The Bertz CT molecular complexity index is 484. The summed E-state index contributed by atoms with van der Waals surface area (Å²) in [7, 11) is 0. The molecule has 20 heavy (non-hydrogen) atoms. The third kappa shape index (κ3) is 5.26. The van der Waals surface area contributed by atoms with Gasteiger partial charge in [-0.1, -0.05) is 39.5 Å². The van der Waals surface area contributed by atoms with E-state index in [9.17, 15) is 9.59 Å². The van der Waals surface area contributed by atoms with Gasteiger partial charge in [-0.3, -0.25) is 9.59 Å². The van der Waals surface area contributed by atoms with Gasteiger partial charge in [-0.25, -0.2) is 0 Å². The van der Waals surface area contributed by atoms with E-state index in [2.05, 4.69) is 17.2 Å². The SMILES string of the molecule is C=CC(=O)Nc1ccc(CCNC(=O)C(C)(C)C)cc1. The number of carbonyl (C=O) groups is 2. The molecule has 0 heterocycles. The van der Waals surface area contributed by atoms with Gasteiger partial charge in [0.25, 0.3) is 0 Å². The largest absolute Gasteiger partial charge is 0.355 e. The molecule has 1 aromatic carbocycles. The first-order chi connectivity index (χ1) is 9.32. The second kappa shape index (κ2) is 6.89. The monoisotopic (exact) mass is 274 g/mol. The molecule has 108 valence electrons. The number of hydrogen-bond donors (Lipinski definition) is 2. The molecule has 0 aliphatic rings. The van der Waals surface area contributed by atoms with E-state index in [1.54, 1.807) is 0 Å². The van der Waals surface area contributed by atoms with Gasteiger partial charge in [0.05, 0.1) is 0 Å². The van der Waals surface area contributed by atoms with Crippen LogP contribution in [0, 0.1) is 5.41 Å². The maximum absolute atomic E-state index is 11.7. The standard InChI is InChI=1S/C16H22N2O2/c1-5-14(19)18-13-8-6-12(7-9-13)10-11-17-15(20)16(2,3)4/h5-9H,1,10-11H2,2-4H3,(H,17,20)(H,18,19). The number of anilines is 1. The third-order valence-corrected chi connectivity index (χ3v) is 2.79. The van der Waals surface area contributed by atoms with Crippen LogP contribution >= 0.6 is 0 Å². The zero-order chi connectivity index (χ0) is 15.2. The Balaban J connectivity index is 2.44. The van der Waals surface area contributed by atoms with Crippen LogP contribution < -0.4 is 10.6 Å². The van der Waals surface area contributed by atoms with Crippen molar-refractivity contribution < 1.29 is 9.59 Å². The first-order valence-corrected chi connectivity index (χ1v) is 6.63. The van der Waals surface area contributed by atoms with Crippen molar-refractivity contribution in [2.75, 3.05) is 11.9 Å². The lowest BCUT2D eigenvalue weighted by Gasteiger charge is -2.17. The summed E-state index contributed by atoms with van der Waals surface area (Å²) in [5.41, 5.74) is 1.48. The van der Waals surface area contributed by atoms with E-state index < -0.39 is 0 Å². The van der Waals surface area contributed by atoms with Gasteiger partial charge < -0.3 is 10.6 Å². The molecule has 0 bridgehead atoms. The summed E-state index contributed by atoms with van der Waals surface area (Å²) in [5.74, 6) is -0.178. The molecule has 1 rings (SSSR count). The molecule has 4 nitrogen and oxygen atoms in total. The summed E-state index contributed by atoms with van der Waals surface area (Å²) < 4.78 is 0. The van der Waals surface area contributed by atoms with E-state index >= 15 is 0 Å². The van der Waals surface area contributed by atoms with Crippen LogP contribution in [0.3, 0.4) is 0 Å². The van der Waals surface area contributed by atoms with Crippen LogP contribution in [-0.4, -0.2) is 18.4 Å². The third-order valence-electron chi connectivity index (χ3n) is 2.79. The van der Waals surface area contributed by atoms with Crippen molar-refractivity contribution in [2.24, 2.45) is 5.41 Å². The molecule has 1 aromatic rings. The van der Waals surface area contributed by atoms with Gasteiger partial charge in [-0.2, -0.15) is 0 Å². The van der Waals surface area contributed by atoms with Gasteiger partial charge in [0.2, 0.25) is 11.8 Å². The summed E-state index contributed by atoms with van der Waals surface area (Å²) in [5, 5.41) is 5.59. The van der Waals surface area contributed by atoms with Crippen LogP contribution in [-0.2, 0) is 16.0 Å². The van der Waals surface area contributed by atoms with Crippen LogP contribution in [0.25, 0.3) is 0 Å². The molecule has 0 unspecified atom stereocenters. The topological polar surface area (TPSA) is 58.2 Å². The lowest BCUT2D eigenvalue weighted by atomic mass is 9.95. The zero-order valence-electron chi connectivity index (χ0n) is 12.3. The highest BCUT2D eigenvalue weighted by Crippen LogP contribution is 2.13. The Kier molecular flexibility index (Phi) is 5.50. The molecule has 0 fully saturated rings. The average molecular weight is 274 g/mol. The molecule has 0 saturated heterocycles. The van der Waals surface area contributed by atoms with Gasteiger partial charge in [0.15, 0.2) is 0 Å². The normalized spacial score (nSPS) is 10.8. The van der Waals surface area contributed by atoms with E-state index in [1.807, 2.05) is 45.0 Å².